The molecule has 0 bridgehead atoms. The van der Waals surface area contributed by atoms with Crippen LogP contribution < -0.4 is 213 Å². The van der Waals surface area contributed by atoms with Crippen molar-refractivity contribution in [2.75, 3.05) is 14.8 Å². The summed E-state index contributed by atoms with van der Waals surface area (Å²) in [4.78, 5) is 24.0. The summed E-state index contributed by atoms with van der Waals surface area (Å²) in [5, 5.41) is 26.4. The molecule has 19 nitrogen and oxygen atoms in total. The van der Waals surface area contributed by atoms with Crippen molar-refractivity contribution in [3.05, 3.63) is 165 Å². The molecule has 1 aliphatic heterocycles. The summed E-state index contributed by atoms with van der Waals surface area (Å²) in [6.07, 6.45) is 0. The maximum Gasteiger partial charge on any atom is 1.00 e. The van der Waals surface area contributed by atoms with E-state index in [1.807, 2.05) is 0 Å². The van der Waals surface area contributed by atoms with Crippen LogP contribution in [0.5, 0.6) is 0 Å². The van der Waals surface area contributed by atoms with Gasteiger partial charge in [-0.2, -0.15) is 20.6 Å². The van der Waals surface area contributed by atoms with Crippen LogP contribution in [0.15, 0.2) is 121 Å². The molecule has 29 heteroatoms. The molecule has 0 spiro atoms. The van der Waals surface area contributed by atoms with Gasteiger partial charge in [-0.15, -0.1) is 11.0 Å². The summed E-state index contributed by atoms with van der Waals surface area (Å²) in [6, 6.07) is 28.1. The summed E-state index contributed by atoms with van der Waals surface area (Å²) in [5.41, 5.74) is 1.87. The molecule has 0 radical (unpaired) electrons. The molecule has 80 heavy (non-hydrogen) atoms. The van der Waals surface area contributed by atoms with Crippen molar-refractivity contribution in [1.29, 1.82) is 0 Å². The molecule has 2 aliphatic rings. The van der Waals surface area contributed by atoms with E-state index < -0.39 is 78.0 Å². The van der Waals surface area contributed by atoms with Crippen molar-refractivity contribution >= 4 is 91.6 Å². The monoisotopic (exact) mass is 1210 g/mol. The topological polar surface area (TPSA) is 323 Å². The number of rotatable bonds is 14. The number of carboxylic acids is 2. The fourth-order valence-electron chi connectivity index (χ4n) is 8.63. The van der Waals surface area contributed by atoms with Gasteiger partial charge in [-0.05, 0) is 117 Å². The average Bonchev–Trinajstić information content (AvgIpc) is 3.32. The first-order valence-electron chi connectivity index (χ1n) is 21.6. The summed E-state index contributed by atoms with van der Waals surface area (Å²) < 4.78 is 142. The standard InChI is InChI=1S/C51H41N4O15S4.6Na/c1-26-18-28(3)48(54-71(60,61)35-12-8-7-9-13-35)30(5)46(26)52-34-16-17-37-41(23-34)70-42-25-40(44(74(67,68)69)24-39(42)45(37)38-14-10-11-15-43(38)73(64,65)66)53-47-27(2)19-29(4)49(31(47)6)55-72(62,63)36-21-32(50(56)57)20-33(22-36)51(58)59;;;;;;/h7,10-15,17-25,52,54-55H,1-6H3,(H,56,57)(H,58,59)(H,64,65,66)(H,67,68,69);;;;;;/q-3;6*+1/p-2. The molecule has 0 saturated carbocycles. The van der Waals surface area contributed by atoms with Gasteiger partial charge in [-0.25, -0.2) is 30.2 Å². The number of hydrogen-bond donors (Lipinski definition) is 5. The minimum atomic E-state index is -5.45. The zero-order chi connectivity index (χ0) is 54.0. The third kappa shape index (κ3) is 15.9. The Kier molecular flexibility index (Phi) is 26.9. The van der Waals surface area contributed by atoms with Gasteiger partial charge in [0.15, 0.2) is 10.0 Å². The zero-order valence-electron chi connectivity index (χ0n) is 45.5. The second-order valence-electron chi connectivity index (χ2n) is 17.1. The number of aryl methyl sites for hydroxylation is 4. The average molecular weight is 1210 g/mol. The Labute approximate surface area is 595 Å². The number of carbonyl (C=O) groups excluding carboxylic acids is 2. The normalized spacial score (nSPS) is 11.6. The van der Waals surface area contributed by atoms with Crippen LogP contribution in [0.2, 0.25) is 0 Å². The van der Waals surface area contributed by atoms with Crippen LogP contribution >= 0.6 is 0 Å². The van der Waals surface area contributed by atoms with Gasteiger partial charge >= 0.3 is 177 Å². The number of aromatic carboxylic acids is 2. The van der Waals surface area contributed by atoms with Crippen LogP contribution in [0.4, 0.5) is 28.4 Å². The van der Waals surface area contributed by atoms with E-state index in [1.54, 1.807) is 33.8 Å². The molecular weight excluding hydrogens is 1170 g/mol. The number of carboxylic acid groups (broad SMARTS) is 2. The molecule has 6 aromatic carbocycles. The minimum Gasteiger partial charge on any atom is -0.744 e. The van der Waals surface area contributed by atoms with E-state index in [0.717, 1.165) is 18.2 Å². The van der Waals surface area contributed by atoms with E-state index in [9.17, 15) is 62.6 Å². The van der Waals surface area contributed by atoms with Crippen LogP contribution in [-0.4, -0.2) is 54.7 Å². The van der Waals surface area contributed by atoms with Gasteiger partial charge in [0.05, 0.1) is 34.3 Å². The van der Waals surface area contributed by atoms with Crippen molar-refractivity contribution < 1.29 is 249 Å². The van der Waals surface area contributed by atoms with Crippen LogP contribution in [0.1, 0.15) is 54.1 Å². The molecule has 0 amide bonds. The van der Waals surface area contributed by atoms with Gasteiger partial charge in [-0.3, -0.25) is 26.1 Å². The summed E-state index contributed by atoms with van der Waals surface area (Å²) in [6.45, 7) is 9.79. The summed E-state index contributed by atoms with van der Waals surface area (Å²) >= 11 is 0. The van der Waals surface area contributed by atoms with Crippen molar-refractivity contribution in [2.24, 2.45) is 0 Å². The minimum absolute atomic E-state index is 0. The Hall–Kier alpha value is -1.93. The van der Waals surface area contributed by atoms with Gasteiger partial charge in [-0.1, -0.05) is 40.9 Å². The maximum absolute atomic E-state index is 13.8. The molecule has 0 aromatic heterocycles. The van der Waals surface area contributed by atoms with Gasteiger partial charge < -0.3 is 52.3 Å². The largest absolute Gasteiger partial charge is 1.00 e. The molecule has 5 N–H and O–H groups in total. The first kappa shape index (κ1) is 74.2. The Bertz CT molecular complexity index is 4210. The maximum atomic E-state index is 13.8. The number of carbonyl (C=O) groups is 2. The Morgan fingerprint density at radius 2 is 1.12 bits per heavy atom. The number of sulfonamides is 2. The Balaban J connectivity index is 0.00000364. The zero-order valence-corrected chi connectivity index (χ0v) is 60.8. The second kappa shape index (κ2) is 29.0. The number of anilines is 4. The fourth-order valence-corrected chi connectivity index (χ4v) is 12.4. The van der Waals surface area contributed by atoms with Crippen LogP contribution in [-0.2, 0) is 40.3 Å². The predicted octanol–water partition coefficient (Wildman–Crippen LogP) is -14.0. The molecule has 1 aliphatic carbocycles. The third-order valence-electron chi connectivity index (χ3n) is 12.0. The Morgan fingerprint density at radius 3 is 1.68 bits per heavy atom. The molecule has 0 saturated heterocycles. The number of benzene rings is 7. The number of fused-ring (bicyclic) bond motifs is 2. The van der Waals surface area contributed by atoms with Crippen molar-refractivity contribution in [3.8, 4) is 22.5 Å². The van der Waals surface area contributed by atoms with Crippen molar-refractivity contribution in [1.82, 2.24) is 0 Å². The van der Waals surface area contributed by atoms with Gasteiger partial charge in [0.1, 0.15) is 25.7 Å². The van der Waals surface area contributed by atoms with E-state index in [0.29, 0.717) is 51.7 Å². The SMILES string of the molecule is Cc1cc(C)c(NS(=O)(=O)c2c[c-]c[c-]c2)c(C)c1Nc1[c-]cc2c(-c3ccccc3S(=O)(=O)O)c3cc(S(=O)(=O)[O-])c(=[NH+]c4c(C)cc(C)c(NS(=O)(=O)c5cc(C(=O)[O-])cc(C(=O)[O-])c5)c4C)cc-3oc2c1.[Na+].[Na+].[Na+].[Na+].[Na+].[Na+]. The van der Waals surface area contributed by atoms with Crippen molar-refractivity contribution in [3.63, 3.8) is 0 Å². The van der Waals surface area contributed by atoms with Gasteiger partial charge in [0.25, 0.3) is 20.1 Å². The van der Waals surface area contributed by atoms with E-state index in [4.69, 9.17) is 4.42 Å². The molecular formula is C51H39N4Na6O15S4+. The summed E-state index contributed by atoms with van der Waals surface area (Å²) in [5.74, 6) is -3.87. The molecule has 1 heterocycles. The number of nitrogens with one attached hydrogen (secondary N) is 4. The van der Waals surface area contributed by atoms with Crippen LogP contribution in [0, 0.1) is 59.7 Å². The molecule has 0 unspecified atom stereocenters. The van der Waals surface area contributed by atoms with Gasteiger partial charge in [0, 0.05) is 28.0 Å². The van der Waals surface area contributed by atoms with E-state index in [-0.39, 0.29) is 249 Å². The second-order valence-corrected chi connectivity index (χ2v) is 23.2. The smallest absolute Gasteiger partial charge is 0.744 e. The fraction of sp³-hybridized carbons (Fsp3) is 0.118. The van der Waals surface area contributed by atoms with Gasteiger partial charge in [0.2, 0.25) is 11.0 Å². The Morgan fingerprint density at radius 1 is 0.600 bits per heavy atom. The third-order valence-corrected chi connectivity index (χ3v) is 16.5. The number of hydrogen-bond acceptors (Lipinski definition) is 15. The first-order chi connectivity index (χ1) is 34.5. The molecule has 8 rings (SSSR count). The van der Waals surface area contributed by atoms with E-state index in [2.05, 4.69) is 38.0 Å². The quantitative estimate of drug-likeness (QED) is 0.0292. The van der Waals surface area contributed by atoms with Crippen LogP contribution in [0.25, 0.3) is 33.4 Å². The van der Waals surface area contributed by atoms with Crippen molar-refractivity contribution in [2.45, 2.75) is 61.1 Å². The van der Waals surface area contributed by atoms with Crippen LogP contribution in [0.3, 0.4) is 0 Å². The van der Waals surface area contributed by atoms with E-state index in [1.165, 1.54) is 68.4 Å². The molecule has 6 aromatic rings. The summed E-state index contributed by atoms with van der Waals surface area (Å²) in [7, 11) is -19.3. The first-order valence-corrected chi connectivity index (χ1v) is 27.5. The molecule has 382 valence electrons. The van der Waals surface area contributed by atoms with E-state index >= 15 is 0 Å². The molecule has 0 atom stereocenters. The predicted molar refractivity (Wildman–Crippen MR) is 264 cm³/mol. The molecule has 0 fully saturated rings.